The van der Waals surface area contributed by atoms with Crippen molar-refractivity contribution in [2.75, 3.05) is 53.4 Å². The lowest BCUT2D eigenvalue weighted by Gasteiger charge is -2.40. The van der Waals surface area contributed by atoms with Crippen LogP contribution in [0.2, 0.25) is 0 Å². The molecule has 0 aliphatic carbocycles. The average Bonchev–Trinajstić information content (AvgIpc) is 2.61. The van der Waals surface area contributed by atoms with E-state index in [0.29, 0.717) is 12.0 Å². The standard InChI is InChI=1S/C20H43N5/c1-7-9-10-18(8-2)15-22-20(21-5)23-16-19(17(3)4)25-13-11-24(6)12-14-25/h17-19H,7-16H2,1-6H3,(H2,21,22,23). The molecular formula is C20H43N5. The van der Waals surface area contributed by atoms with Crippen molar-refractivity contribution >= 4 is 5.96 Å². The molecule has 1 fully saturated rings. The molecular weight excluding hydrogens is 310 g/mol. The summed E-state index contributed by atoms with van der Waals surface area (Å²) >= 11 is 0. The zero-order valence-electron chi connectivity index (χ0n) is 17.6. The van der Waals surface area contributed by atoms with E-state index in [1.807, 2.05) is 7.05 Å². The van der Waals surface area contributed by atoms with Crippen LogP contribution in [-0.2, 0) is 0 Å². The molecule has 2 atom stereocenters. The molecule has 0 aromatic rings. The number of nitrogens with zero attached hydrogens (tertiary/aromatic N) is 3. The minimum atomic E-state index is 0.564. The van der Waals surface area contributed by atoms with Crippen molar-refractivity contribution in [3.05, 3.63) is 0 Å². The molecule has 0 aromatic heterocycles. The van der Waals surface area contributed by atoms with E-state index in [-0.39, 0.29) is 0 Å². The Hall–Kier alpha value is -0.810. The molecule has 0 bridgehead atoms. The number of hydrogen-bond donors (Lipinski definition) is 2. The number of hydrogen-bond acceptors (Lipinski definition) is 3. The van der Waals surface area contributed by atoms with E-state index < -0.39 is 0 Å². The molecule has 0 saturated carbocycles. The van der Waals surface area contributed by atoms with Crippen molar-refractivity contribution in [3.8, 4) is 0 Å². The van der Waals surface area contributed by atoms with Crippen LogP contribution >= 0.6 is 0 Å². The molecule has 25 heavy (non-hydrogen) atoms. The topological polar surface area (TPSA) is 42.9 Å². The number of likely N-dealkylation sites (N-methyl/N-ethyl adjacent to an activating group) is 1. The van der Waals surface area contributed by atoms with E-state index in [1.54, 1.807) is 0 Å². The third-order valence-corrected chi connectivity index (χ3v) is 5.58. The Morgan fingerprint density at radius 3 is 2.20 bits per heavy atom. The summed E-state index contributed by atoms with van der Waals surface area (Å²) in [5.41, 5.74) is 0. The van der Waals surface area contributed by atoms with Crippen LogP contribution in [0.4, 0.5) is 0 Å². The van der Waals surface area contributed by atoms with E-state index in [9.17, 15) is 0 Å². The van der Waals surface area contributed by atoms with E-state index in [2.05, 4.69) is 60.2 Å². The molecule has 0 radical (unpaired) electrons. The first-order valence-corrected chi connectivity index (χ1v) is 10.4. The molecule has 5 nitrogen and oxygen atoms in total. The van der Waals surface area contributed by atoms with Crippen LogP contribution in [0.3, 0.4) is 0 Å². The minimum Gasteiger partial charge on any atom is -0.356 e. The van der Waals surface area contributed by atoms with Gasteiger partial charge in [-0.15, -0.1) is 0 Å². The lowest BCUT2D eigenvalue weighted by Crippen LogP contribution is -2.55. The maximum Gasteiger partial charge on any atom is 0.191 e. The molecule has 0 aromatic carbocycles. The first kappa shape index (κ1) is 22.2. The first-order valence-electron chi connectivity index (χ1n) is 10.4. The second kappa shape index (κ2) is 12.5. The second-order valence-corrected chi connectivity index (χ2v) is 7.90. The predicted octanol–water partition coefficient (Wildman–Crippen LogP) is 2.64. The van der Waals surface area contributed by atoms with Gasteiger partial charge < -0.3 is 15.5 Å². The predicted molar refractivity (Wildman–Crippen MR) is 110 cm³/mol. The quantitative estimate of drug-likeness (QED) is 0.468. The van der Waals surface area contributed by atoms with Crippen molar-refractivity contribution < 1.29 is 0 Å². The van der Waals surface area contributed by atoms with Crippen molar-refractivity contribution in [1.82, 2.24) is 20.4 Å². The van der Waals surface area contributed by atoms with Crippen LogP contribution in [0.25, 0.3) is 0 Å². The van der Waals surface area contributed by atoms with Crippen LogP contribution in [0.15, 0.2) is 4.99 Å². The van der Waals surface area contributed by atoms with Crippen molar-refractivity contribution in [2.45, 2.75) is 59.4 Å². The molecule has 1 aliphatic heterocycles. The van der Waals surface area contributed by atoms with Crippen LogP contribution in [0.1, 0.15) is 53.4 Å². The summed E-state index contributed by atoms with van der Waals surface area (Å²) in [4.78, 5) is 9.49. The lowest BCUT2D eigenvalue weighted by atomic mass is 9.99. The van der Waals surface area contributed by atoms with Gasteiger partial charge in [-0.1, -0.05) is 47.0 Å². The zero-order valence-corrected chi connectivity index (χ0v) is 17.6. The van der Waals surface area contributed by atoms with Gasteiger partial charge in [-0.2, -0.15) is 0 Å². The Balaban J connectivity index is 2.44. The van der Waals surface area contributed by atoms with Gasteiger partial charge in [0.15, 0.2) is 5.96 Å². The van der Waals surface area contributed by atoms with Crippen molar-refractivity contribution in [2.24, 2.45) is 16.8 Å². The van der Waals surface area contributed by atoms with Gasteiger partial charge in [0.25, 0.3) is 0 Å². The molecule has 2 N–H and O–H groups in total. The van der Waals surface area contributed by atoms with Gasteiger partial charge in [0.05, 0.1) is 0 Å². The van der Waals surface area contributed by atoms with Crippen molar-refractivity contribution in [3.63, 3.8) is 0 Å². The second-order valence-electron chi connectivity index (χ2n) is 7.90. The fraction of sp³-hybridized carbons (Fsp3) is 0.950. The summed E-state index contributed by atoms with van der Waals surface area (Å²) in [5.74, 6) is 2.34. The third-order valence-electron chi connectivity index (χ3n) is 5.58. The Labute approximate surface area is 156 Å². The van der Waals surface area contributed by atoms with Gasteiger partial charge in [-0.05, 0) is 25.3 Å². The number of nitrogens with one attached hydrogen (secondary N) is 2. The number of unbranched alkanes of at least 4 members (excludes halogenated alkanes) is 1. The fourth-order valence-corrected chi connectivity index (χ4v) is 3.55. The fourth-order valence-electron chi connectivity index (χ4n) is 3.55. The number of rotatable bonds is 10. The van der Waals surface area contributed by atoms with E-state index >= 15 is 0 Å². The normalized spacial score (nSPS) is 19.9. The highest BCUT2D eigenvalue weighted by Gasteiger charge is 2.25. The van der Waals surface area contributed by atoms with Gasteiger partial charge in [0.1, 0.15) is 0 Å². The summed E-state index contributed by atoms with van der Waals surface area (Å²) in [5, 5.41) is 7.12. The maximum absolute atomic E-state index is 4.43. The van der Waals surface area contributed by atoms with Gasteiger partial charge >= 0.3 is 0 Å². The molecule has 5 heteroatoms. The first-order chi connectivity index (χ1) is 12.0. The molecule has 0 amide bonds. The molecule has 1 heterocycles. The highest BCUT2D eigenvalue weighted by molar-refractivity contribution is 5.79. The van der Waals surface area contributed by atoms with Gasteiger partial charge in [0, 0.05) is 52.4 Å². The molecule has 1 aliphatic rings. The van der Waals surface area contributed by atoms with Crippen LogP contribution in [0, 0.1) is 11.8 Å². The van der Waals surface area contributed by atoms with Crippen LogP contribution in [-0.4, -0.2) is 75.2 Å². The SMILES string of the molecule is CCCCC(CC)CNC(=NC)NCC(C(C)C)N1CCN(C)CC1. The zero-order chi connectivity index (χ0) is 18.7. The third kappa shape index (κ3) is 8.41. The average molecular weight is 354 g/mol. The van der Waals surface area contributed by atoms with Crippen molar-refractivity contribution in [1.29, 1.82) is 0 Å². The highest BCUT2D eigenvalue weighted by atomic mass is 15.3. The summed E-state index contributed by atoms with van der Waals surface area (Å²) < 4.78 is 0. The van der Waals surface area contributed by atoms with Gasteiger partial charge in [0.2, 0.25) is 0 Å². The van der Waals surface area contributed by atoms with Gasteiger partial charge in [-0.25, -0.2) is 0 Å². The molecule has 1 rings (SSSR count). The monoisotopic (exact) mass is 353 g/mol. The van der Waals surface area contributed by atoms with E-state index in [4.69, 9.17) is 0 Å². The Bertz CT molecular complexity index is 361. The number of guanidine groups is 1. The summed E-state index contributed by atoms with van der Waals surface area (Å²) in [6, 6.07) is 0.564. The number of aliphatic imine (C=N–C) groups is 1. The maximum atomic E-state index is 4.43. The summed E-state index contributed by atoms with van der Waals surface area (Å²) in [7, 11) is 4.09. The van der Waals surface area contributed by atoms with E-state index in [1.165, 1.54) is 51.9 Å². The smallest absolute Gasteiger partial charge is 0.191 e. The number of piperazine rings is 1. The minimum absolute atomic E-state index is 0.564. The molecule has 1 saturated heterocycles. The molecule has 2 unspecified atom stereocenters. The summed E-state index contributed by atoms with van der Waals surface area (Å²) in [6.07, 6.45) is 5.16. The largest absolute Gasteiger partial charge is 0.356 e. The molecule has 148 valence electrons. The molecule has 0 spiro atoms. The Morgan fingerprint density at radius 1 is 1.04 bits per heavy atom. The highest BCUT2D eigenvalue weighted by Crippen LogP contribution is 2.13. The van der Waals surface area contributed by atoms with Crippen LogP contribution < -0.4 is 10.6 Å². The van der Waals surface area contributed by atoms with Crippen LogP contribution in [0.5, 0.6) is 0 Å². The Morgan fingerprint density at radius 2 is 1.68 bits per heavy atom. The Kier molecular flexibility index (Phi) is 11.1. The van der Waals surface area contributed by atoms with E-state index in [0.717, 1.165) is 25.0 Å². The van der Waals surface area contributed by atoms with Gasteiger partial charge in [-0.3, -0.25) is 9.89 Å². The lowest BCUT2D eigenvalue weighted by molar-refractivity contribution is 0.0900. The summed E-state index contributed by atoms with van der Waals surface area (Å²) in [6.45, 7) is 15.9.